The summed E-state index contributed by atoms with van der Waals surface area (Å²) in [5, 5.41) is 0. The summed E-state index contributed by atoms with van der Waals surface area (Å²) in [6.45, 7) is 0.448. The van der Waals surface area contributed by atoms with Crippen molar-refractivity contribution in [3.63, 3.8) is 0 Å². The Balaban J connectivity index is 1.77. The number of rotatable bonds is 3. The highest BCUT2D eigenvalue weighted by Crippen LogP contribution is 2.35. The quantitative estimate of drug-likeness (QED) is 0.457. The summed E-state index contributed by atoms with van der Waals surface area (Å²) in [6.07, 6.45) is -2.30. The van der Waals surface area contributed by atoms with E-state index in [2.05, 4.69) is 32.9 Å². The smallest absolute Gasteiger partial charge is 0.402 e. The van der Waals surface area contributed by atoms with E-state index in [1.165, 1.54) is 0 Å². The standard InChI is InChI=1S/C22H16BBrF3N/c24-21-14-17-8-4-5-9-20(17)28(15-16-6-2-1-3-7-16)23(21)19-12-10-18(11-13-19)22(25,26)27/h1-14H,15H2. The lowest BCUT2D eigenvalue weighted by Gasteiger charge is -2.36. The lowest BCUT2D eigenvalue weighted by Crippen LogP contribution is -2.50. The maximum atomic E-state index is 13.0. The van der Waals surface area contributed by atoms with Crippen LogP contribution in [0, 0.1) is 0 Å². The third kappa shape index (κ3) is 3.74. The molecule has 1 heterocycles. The zero-order valence-electron chi connectivity index (χ0n) is 14.8. The molecule has 1 aliphatic rings. The van der Waals surface area contributed by atoms with E-state index in [0.29, 0.717) is 6.54 Å². The summed E-state index contributed by atoms with van der Waals surface area (Å²) in [5.74, 6) is 0. The molecule has 3 aromatic carbocycles. The Morgan fingerprint density at radius 1 is 0.821 bits per heavy atom. The van der Waals surface area contributed by atoms with E-state index in [1.54, 1.807) is 12.1 Å². The summed E-state index contributed by atoms with van der Waals surface area (Å²) in [4.78, 5) is 2.22. The molecule has 0 N–H and O–H groups in total. The van der Waals surface area contributed by atoms with Gasteiger partial charge in [-0.3, -0.25) is 0 Å². The van der Waals surface area contributed by atoms with Crippen LogP contribution in [0.3, 0.4) is 0 Å². The molecule has 0 unspecified atom stereocenters. The van der Waals surface area contributed by atoms with Crippen LogP contribution in [0.25, 0.3) is 6.08 Å². The molecule has 4 rings (SSSR count). The lowest BCUT2D eigenvalue weighted by atomic mass is 9.52. The predicted octanol–water partition coefficient (Wildman–Crippen LogP) is 5.90. The van der Waals surface area contributed by atoms with Gasteiger partial charge in [0, 0.05) is 12.2 Å². The normalized spacial score (nSPS) is 13.9. The average Bonchev–Trinajstić information content (AvgIpc) is 2.68. The van der Waals surface area contributed by atoms with Crippen LogP contribution in [0.1, 0.15) is 16.7 Å². The minimum absolute atomic E-state index is 0.197. The Labute approximate surface area is 170 Å². The van der Waals surface area contributed by atoms with Crippen LogP contribution in [-0.2, 0) is 12.7 Å². The van der Waals surface area contributed by atoms with E-state index in [9.17, 15) is 13.2 Å². The van der Waals surface area contributed by atoms with Crippen molar-refractivity contribution in [2.75, 3.05) is 4.81 Å². The fraction of sp³-hybridized carbons (Fsp3) is 0.0909. The number of anilines is 1. The lowest BCUT2D eigenvalue weighted by molar-refractivity contribution is -0.137. The Kier molecular flexibility index (Phi) is 5.06. The van der Waals surface area contributed by atoms with Gasteiger partial charge < -0.3 is 4.81 Å². The number of nitrogens with zero attached hydrogens (tertiary/aromatic N) is 1. The van der Waals surface area contributed by atoms with Gasteiger partial charge in [-0.05, 0) is 27.7 Å². The molecule has 0 amide bonds. The van der Waals surface area contributed by atoms with Crippen molar-refractivity contribution in [3.8, 4) is 0 Å². The predicted molar refractivity (Wildman–Crippen MR) is 113 cm³/mol. The molecule has 140 valence electrons. The van der Waals surface area contributed by atoms with E-state index in [4.69, 9.17) is 0 Å². The van der Waals surface area contributed by atoms with Crippen molar-refractivity contribution in [1.29, 1.82) is 0 Å². The first-order valence-electron chi connectivity index (χ1n) is 8.87. The molecule has 28 heavy (non-hydrogen) atoms. The molecule has 1 nitrogen and oxygen atoms in total. The maximum Gasteiger partial charge on any atom is 0.416 e. The first-order valence-corrected chi connectivity index (χ1v) is 9.66. The van der Waals surface area contributed by atoms with Crippen molar-refractivity contribution in [2.45, 2.75) is 12.7 Å². The Morgan fingerprint density at radius 2 is 1.46 bits per heavy atom. The van der Waals surface area contributed by atoms with Gasteiger partial charge in [0.05, 0.1) is 5.56 Å². The fourth-order valence-electron chi connectivity index (χ4n) is 3.54. The van der Waals surface area contributed by atoms with Crippen LogP contribution in [0.4, 0.5) is 18.9 Å². The van der Waals surface area contributed by atoms with Gasteiger partial charge >= 0.3 is 13.0 Å². The van der Waals surface area contributed by atoms with Gasteiger partial charge in [-0.25, -0.2) is 0 Å². The topological polar surface area (TPSA) is 3.24 Å². The van der Waals surface area contributed by atoms with Crippen molar-refractivity contribution in [2.24, 2.45) is 0 Å². The van der Waals surface area contributed by atoms with Crippen LogP contribution in [0.2, 0.25) is 0 Å². The SMILES string of the molecule is FC(F)(F)c1ccc(B2C(Br)=Cc3ccccc3N2Cc2ccccc2)cc1. The molecule has 6 heteroatoms. The molecule has 0 saturated carbocycles. The van der Waals surface area contributed by atoms with Gasteiger partial charge in [0.1, 0.15) is 0 Å². The van der Waals surface area contributed by atoms with Crippen LogP contribution in [-0.4, -0.2) is 6.85 Å². The number of fused-ring (bicyclic) bond motifs is 1. The second kappa shape index (κ2) is 7.51. The summed E-state index contributed by atoms with van der Waals surface area (Å²) < 4.78 is 39.8. The van der Waals surface area contributed by atoms with Crippen molar-refractivity contribution in [3.05, 3.63) is 99.9 Å². The van der Waals surface area contributed by atoms with E-state index in [-0.39, 0.29) is 6.85 Å². The first kappa shape index (κ1) is 18.9. The Hall–Kier alpha value is -2.47. The van der Waals surface area contributed by atoms with Crippen LogP contribution >= 0.6 is 15.9 Å². The average molecular weight is 442 g/mol. The Bertz CT molecular complexity index is 1000. The van der Waals surface area contributed by atoms with Gasteiger partial charge in [-0.15, -0.1) is 0 Å². The molecule has 0 radical (unpaired) electrons. The van der Waals surface area contributed by atoms with Crippen LogP contribution < -0.4 is 10.3 Å². The molecule has 0 atom stereocenters. The van der Waals surface area contributed by atoms with E-state index in [1.807, 2.05) is 48.5 Å². The molecule has 0 spiro atoms. The van der Waals surface area contributed by atoms with Gasteiger partial charge in [0.2, 0.25) is 0 Å². The molecule has 0 aromatic heterocycles. The molecule has 0 fully saturated rings. The number of para-hydroxylation sites is 1. The summed E-state index contributed by atoms with van der Waals surface area (Å²) >= 11 is 3.67. The van der Waals surface area contributed by atoms with Crippen molar-refractivity contribution >= 4 is 40.0 Å². The fourth-order valence-corrected chi connectivity index (χ4v) is 4.29. The number of benzene rings is 3. The highest BCUT2D eigenvalue weighted by molar-refractivity contribution is 9.12. The van der Waals surface area contributed by atoms with Crippen LogP contribution in [0.5, 0.6) is 0 Å². The first-order chi connectivity index (χ1) is 13.4. The maximum absolute atomic E-state index is 13.0. The molecular formula is C22H16BBrF3N. The monoisotopic (exact) mass is 441 g/mol. The van der Waals surface area contributed by atoms with Crippen molar-refractivity contribution < 1.29 is 13.2 Å². The third-order valence-corrected chi connectivity index (χ3v) is 5.52. The second-order valence-electron chi connectivity index (χ2n) is 6.72. The largest absolute Gasteiger partial charge is 0.416 e. The van der Waals surface area contributed by atoms with Gasteiger partial charge in [0.25, 0.3) is 0 Å². The van der Waals surface area contributed by atoms with Gasteiger partial charge in [-0.2, -0.15) is 13.2 Å². The van der Waals surface area contributed by atoms with E-state index in [0.717, 1.165) is 38.8 Å². The zero-order chi connectivity index (χ0) is 19.7. The van der Waals surface area contributed by atoms with Gasteiger partial charge in [-0.1, -0.05) is 94.2 Å². The molecule has 0 aliphatic carbocycles. The Morgan fingerprint density at radius 3 is 2.14 bits per heavy atom. The molecule has 3 aromatic rings. The van der Waals surface area contributed by atoms with Gasteiger partial charge in [0.15, 0.2) is 0 Å². The minimum atomic E-state index is -4.34. The molecule has 1 aliphatic heterocycles. The highest BCUT2D eigenvalue weighted by Gasteiger charge is 2.35. The molecular weight excluding hydrogens is 426 g/mol. The summed E-state index contributed by atoms with van der Waals surface area (Å²) in [7, 11) is 0. The number of hydrogen-bond acceptors (Lipinski definition) is 1. The second-order valence-corrected chi connectivity index (χ2v) is 7.64. The number of alkyl halides is 3. The number of halogens is 4. The zero-order valence-corrected chi connectivity index (χ0v) is 16.4. The highest BCUT2D eigenvalue weighted by atomic mass is 79.9. The third-order valence-electron chi connectivity index (χ3n) is 4.86. The van der Waals surface area contributed by atoms with Crippen LogP contribution in [0.15, 0.2) is 83.2 Å². The molecule has 0 saturated heterocycles. The summed E-state index contributed by atoms with van der Waals surface area (Å²) in [5.41, 5.74) is 3.44. The minimum Gasteiger partial charge on any atom is -0.402 e. The van der Waals surface area contributed by atoms with Crippen molar-refractivity contribution in [1.82, 2.24) is 0 Å². The summed E-state index contributed by atoms with van der Waals surface area (Å²) in [6, 6.07) is 23.5. The molecule has 0 bridgehead atoms. The number of hydrogen-bond donors (Lipinski definition) is 0. The van der Waals surface area contributed by atoms with E-state index >= 15 is 0 Å². The van der Waals surface area contributed by atoms with E-state index < -0.39 is 11.7 Å².